The zero-order valence-corrected chi connectivity index (χ0v) is 22.0. The average molecular weight is 519 g/mol. The number of amides is 2. The number of carbonyl (C=O) groups excluding carboxylic acids is 3. The van der Waals surface area contributed by atoms with Gasteiger partial charge in [0.2, 0.25) is 11.8 Å². The summed E-state index contributed by atoms with van der Waals surface area (Å²) in [5, 5.41) is 14.3. The Bertz CT molecular complexity index is 947. The van der Waals surface area contributed by atoms with Crippen molar-refractivity contribution in [2.75, 3.05) is 11.4 Å². The first-order valence-electron chi connectivity index (χ1n) is 13.3. The number of rotatable bonds is 14. The summed E-state index contributed by atoms with van der Waals surface area (Å²) < 4.78 is 0. The van der Waals surface area contributed by atoms with Crippen LogP contribution < -0.4 is 27.4 Å². The van der Waals surface area contributed by atoms with Crippen LogP contribution >= 0.6 is 0 Å². The molecule has 1 aliphatic rings. The van der Waals surface area contributed by atoms with Gasteiger partial charge in [-0.05, 0) is 58.1 Å². The number of nitrogens with two attached hydrogens (primary N) is 3. The first-order chi connectivity index (χ1) is 17.6. The van der Waals surface area contributed by atoms with Crippen molar-refractivity contribution in [1.82, 2.24) is 5.32 Å². The lowest BCUT2D eigenvalue weighted by Gasteiger charge is -2.38. The molecule has 0 unspecified atom stereocenters. The zero-order valence-electron chi connectivity index (χ0n) is 22.0. The Hall–Kier alpha value is -2.89. The Kier molecular flexibility index (Phi) is 12.1. The molecule has 11 heteroatoms. The minimum atomic E-state index is -0.880. The van der Waals surface area contributed by atoms with Crippen molar-refractivity contribution < 1.29 is 19.3 Å². The summed E-state index contributed by atoms with van der Waals surface area (Å²) >= 11 is 0. The van der Waals surface area contributed by atoms with E-state index in [1.807, 2.05) is 6.92 Å². The van der Waals surface area contributed by atoms with E-state index in [1.165, 1.54) is 25.1 Å². The van der Waals surface area contributed by atoms with Gasteiger partial charge in [-0.15, -0.1) is 0 Å². The third-order valence-corrected chi connectivity index (χ3v) is 6.80. The number of hydrogen-bond acceptors (Lipinski definition) is 8. The van der Waals surface area contributed by atoms with Gasteiger partial charge in [-0.25, -0.2) is 0 Å². The number of carbonyl (C=O) groups is 3. The van der Waals surface area contributed by atoms with E-state index in [1.54, 1.807) is 4.90 Å². The third-order valence-electron chi connectivity index (χ3n) is 6.80. The van der Waals surface area contributed by atoms with Crippen LogP contribution in [0.15, 0.2) is 18.2 Å². The van der Waals surface area contributed by atoms with E-state index in [0.717, 1.165) is 19.3 Å². The molecule has 0 aliphatic heterocycles. The highest BCUT2D eigenvalue weighted by Crippen LogP contribution is 2.34. The Labute approximate surface area is 218 Å². The molecule has 0 aromatic heterocycles. The van der Waals surface area contributed by atoms with Gasteiger partial charge in [0.1, 0.15) is 6.04 Å². The minimum absolute atomic E-state index is 0.0494. The Morgan fingerprint density at radius 3 is 2.38 bits per heavy atom. The second-order valence-corrected chi connectivity index (χ2v) is 9.85. The minimum Gasteiger partial charge on any atom is -0.343 e. The van der Waals surface area contributed by atoms with Gasteiger partial charge in [-0.1, -0.05) is 32.6 Å². The Morgan fingerprint density at radius 1 is 1.14 bits per heavy atom. The quantitative estimate of drug-likeness (QED) is 0.125. The molecule has 206 valence electrons. The summed E-state index contributed by atoms with van der Waals surface area (Å²) in [6.45, 7) is 3.88. The van der Waals surface area contributed by atoms with Crippen molar-refractivity contribution in [1.29, 1.82) is 0 Å². The van der Waals surface area contributed by atoms with Crippen molar-refractivity contribution >= 4 is 29.0 Å². The maximum Gasteiger partial charge on any atom is 0.270 e. The molecule has 3 atom stereocenters. The standard InChI is InChI=1S/C26H42N6O5/c1-3-9-21(29)24(33)20-16-19(32(36)37)13-14-23(20)31(18-10-5-4-6-11-18)26(35)22(12-7-8-15-27)30-25(34)17(2)28/h13-14,16-18,21-22H,3-12,15,27-29H2,1-2H3,(H,30,34)/t17-,21+,22-/m0/s1. The summed E-state index contributed by atoms with van der Waals surface area (Å²) in [5.74, 6) is -1.28. The van der Waals surface area contributed by atoms with Gasteiger partial charge < -0.3 is 27.4 Å². The third kappa shape index (κ3) is 8.31. The molecule has 0 spiro atoms. The first kappa shape index (κ1) is 30.3. The number of nitro groups is 1. The number of unbranched alkanes of at least 4 members (excludes halogenated alkanes) is 1. The maximum atomic E-state index is 14.1. The highest BCUT2D eigenvalue weighted by Gasteiger charge is 2.36. The molecule has 1 saturated carbocycles. The van der Waals surface area contributed by atoms with E-state index in [0.29, 0.717) is 51.5 Å². The van der Waals surface area contributed by atoms with Crippen LogP contribution in [0.3, 0.4) is 0 Å². The molecule has 0 saturated heterocycles. The number of nitrogens with zero attached hydrogens (tertiary/aromatic N) is 2. The fourth-order valence-electron chi connectivity index (χ4n) is 4.74. The monoisotopic (exact) mass is 518 g/mol. The molecule has 2 amide bonds. The maximum absolute atomic E-state index is 14.1. The predicted octanol–water partition coefficient (Wildman–Crippen LogP) is 2.53. The van der Waals surface area contributed by atoms with Crippen molar-refractivity contribution in [2.45, 2.75) is 102 Å². The van der Waals surface area contributed by atoms with E-state index in [9.17, 15) is 24.5 Å². The van der Waals surface area contributed by atoms with Gasteiger partial charge in [-0.3, -0.25) is 24.5 Å². The summed E-state index contributed by atoms with van der Waals surface area (Å²) in [4.78, 5) is 52.6. The van der Waals surface area contributed by atoms with Crippen LogP contribution in [-0.4, -0.2) is 53.2 Å². The molecule has 0 radical (unpaired) electrons. The van der Waals surface area contributed by atoms with Gasteiger partial charge in [0.15, 0.2) is 5.78 Å². The van der Waals surface area contributed by atoms with E-state index >= 15 is 0 Å². The number of nitrogens with one attached hydrogen (secondary N) is 1. The van der Waals surface area contributed by atoms with Crippen LogP contribution in [0, 0.1) is 10.1 Å². The summed E-state index contributed by atoms with van der Waals surface area (Å²) in [6.07, 6.45) is 6.99. The lowest BCUT2D eigenvalue weighted by Crippen LogP contribution is -2.55. The number of non-ortho nitro benzene ring substituents is 1. The average Bonchev–Trinajstić information content (AvgIpc) is 2.88. The number of anilines is 1. The van der Waals surface area contributed by atoms with Crippen LogP contribution in [0.1, 0.15) is 88.4 Å². The topological polar surface area (TPSA) is 188 Å². The second kappa shape index (κ2) is 14.7. The summed E-state index contributed by atoms with van der Waals surface area (Å²) in [5.41, 5.74) is 17.6. The molecule has 0 heterocycles. The number of ketones is 1. The molecule has 11 nitrogen and oxygen atoms in total. The molecule has 0 bridgehead atoms. The van der Waals surface area contributed by atoms with Gasteiger partial charge in [0.05, 0.1) is 22.7 Å². The number of nitro benzene ring substituents is 1. The van der Waals surface area contributed by atoms with Gasteiger partial charge in [-0.2, -0.15) is 0 Å². The van der Waals surface area contributed by atoms with E-state index in [-0.39, 0.29) is 28.9 Å². The van der Waals surface area contributed by atoms with Crippen LogP contribution in [0.4, 0.5) is 11.4 Å². The fraction of sp³-hybridized carbons (Fsp3) is 0.654. The molecule has 1 fully saturated rings. The van der Waals surface area contributed by atoms with Crippen molar-refractivity contribution in [3.63, 3.8) is 0 Å². The van der Waals surface area contributed by atoms with E-state index < -0.39 is 34.7 Å². The highest BCUT2D eigenvalue weighted by molar-refractivity contribution is 6.10. The van der Waals surface area contributed by atoms with Gasteiger partial charge >= 0.3 is 0 Å². The largest absolute Gasteiger partial charge is 0.343 e. The smallest absolute Gasteiger partial charge is 0.270 e. The normalized spacial score (nSPS) is 16.5. The molecular weight excluding hydrogens is 476 g/mol. The lowest BCUT2D eigenvalue weighted by atomic mass is 9.91. The van der Waals surface area contributed by atoms with Crippen molar-refractivity contribution in [3.05, 3.63) is 33.9 Å². The molecule has 1 aromatic rings. The van der Waals surface area contributed by atoms with E-state index in [4.69, 9.17) is 17.2 Å². The van der Waals surface area contributed by atoms with E-state index in [2.05, 4.69) is 5.32 Å². The van der Waals surface area contributed by atoms with Gasteiger partial charge in [0.25, 0.3) is 5.69 Å². The molecule has 37 heavy (non-hydrogen) atoms. The molecular formula is C26H42N6O5. The molecule has 7 N–H and O–H groups in total. The second-order valence-electron chi connectivity index (χ2n) is 9.85. The van der Waals surface area contributed by atoms with Crippen molar-refractivity contribution in [2.24, 2.45) is 17.2 Å². The highest BCUT2D eigenvalue weighted by atomic mass is 16.6. The number of benzene rings is 1. The molecule has 1 aliphatic carbocycles. The number of Topliss-reactive ketones (excluding diaryl/α,β-unsaturated/α-hetero) is 1. The van der Waals surface area contributed by atoms with Crippen LogP contribution in [0.5, 0.6) is 0 Å². The van der Waals surface area contributed by atoms with Crippen LogP contribution in [0.2, 0.25) is 0 Å². The van der Waals surface area contributed by atoms with Gasteiger partial charge in [0, 0.05) is 23.7 Å². The first-order valence-corrected chi connectivity index (χ1v) is 13.3. The fourth-order valence-corrected chi connectivity index (χ4v) is 4.74. The van der Waals surface area contributed by atoms with Crippen LogP contribution in [0.25, 0.3) is 0 Å². The van der Waals surface area contributed by atoms with Crippen LogP contribution in [-0.2, 0) is 9.59 Å². The molecule has 2 rings (SSSR count). The molecule has 1 aromatic carbocycles. The summed E-state index contributed by atoms with van der Waals surface area (Å²) in [7, 11) is 0. The zero-order chi connectivity index (χ0) is 27.5. The predicted molar refractivity (Wildman–Crippen MR) is 143 cm³/mol. The lowest BCUT2D eigenvalue weighted by molar-refractivity contribution is -0.384. The summed E-state index contributed by atoms with van der Waals surface area (Å²) in [6, 6.07) is 1.20. The SMILES string of the molecule is CCC[C@@H](N)C(=O)c1cc([N+](=O)[O-])ccc1N(C(=O)[C@H](CCCCN)NC(=O)[C@H](C)N)C1CCCCC1. The van der Waals surface area contributed by atoms with Crippen molar-refractivity contribution in [3.8, 4) is 0 Å². The Balaban J connectivity index is 2.62. The Morgan fingerprint density at radius 2 is 1.81 bits per heavy atom. The number of hydrogen-bond donors (Lipinski definition) is 4.